The predicted molar refractivity (Wildman–Crippen MR) is 48.1 cm³/mol. The van der Waals surface area contributed by atoms with Crippen LogP contribution in [0, 0.1) is 5.92 Å². The molecule has 0 spiro atoms. The Kier molecular flexibility index (Phi) is 4.23. The molecule has 1 nitrogen and oxygen atoms in total. The summed E-state index contributed by atoms with van der Waals surface area (Å²) in [6.45, 7) is 0. The van der Waals surface area contributed by atoms with Crippen LogP contribution in [-0.4, -0.2) is 12.8 Å². The smallest absolute Gasteiger partial charge is 0.0107 e. The van der Waals surface area contributed by atoms with Crippen molar-refractivity contribution in [3.63, 3.8) is 0 Å². The van der Waals surface area contributed by atoms with E-state index in [-0.39, 0.29) is 0 Å². The van der Waals surface area contributed by atoms with Crippen molar-refractivity contribution in [1.82, 2.24) is 4.72 Å². The molecule has 1 N–H and O–H groups in total. The van der Waals surface area contributed by atoms with Gasteiger partial charge in [0.05, 0.1) is 0 Å². The van der Waals surface area contributed by atoms with Gasteiger partial charge in [0, 0.05) is 5.75 Å². The highest BCUT2D eigenvalue weighted by Gasteiger charge is 2.12. The van der Waals surface area contributed by atoms with Gasteiger partial charge in [-0.25, -0.2) is 0 Å². The summed E-state index contributed by atoms with van der Waals surface area (Å²) in [4.78, 5) is 0. The first-order valence-electron chi connectivity index (χ1n) is 4.22. The molecular weight excluding hydrogens is 142 g/mol. The molecule has 2 heteroatoms. The fraction of sp³-hybridized carbons (Fsp3) is 1.00. The van der Waals surface area contributed by atoms with E-state index in [0.717, 1.165) is 5.92 Å². The lowest BCUT2D eigenvalue weighted by atomic mass is 9.91. The summed E-state index contributed by atoms with van der Waals surface area (Å²) in [5.41, 5.74) is 0. The Balaban J connectivity index is 2.02. The summed E-state index contributed by atoms with van der Waals surface area (Å²) in [5, 5.41) is 0. The van der Waals surface area contributed by atoms with Crippen LogP contribution in [0.5, 0.6) is 0 Å². The Labute approximate surface area is 68.1 Å². The summed E-state index contributed by atoms with van der Waals surface area (Å²) in [6, 6.07) is 0. The Morgan fingerprint density at radius 2 is 2.00 bits per heavy atom. The van der Waals surface area contributed by atoms with Gasteiger partial charge in [-0.1, -0.05) is 31.2 Å². The van der Waals surface area contributed by atoms with Crippen LogP contribution in [0.15, 0.2) is 0 Å². The second kappa shape index (κ2) is 5.03. The molecule has 0 heterocycles. The lowest BCUT2D eigenvalue weighted by Crippen LogP contribution is -2.10. The zero-order valence-electron chi connectivity index (χ0n) is 6.73. The molecule has 0 aromatic carbocycles. The lowest BCUT2D eigenvalue weighted by molar-refractivity contribution is 0.390. The highest BCUT2D eigenvalue weighted by Crippen LogP contribution is 2.25. The Bertz CT molecular complexity index is 79.3. The van der Waals surface area contributed by atoms with E-state index in [1.54, 1.807) is 0 Å². The van der Waals surface area contributed by atoms with Gasteiger partial charge < -0.3 is 0 Å². The number of hydrogen-bond donors (Lipinski definition) is 1. The van der Waals surface area contributed by atoms with Crippen LogP contribution in [0.25, 0.3) is 0 Å². The normalized spacial score (nSPS) is 21.3. The van der Waals surface area contributed by atoms with Gasteiger partial charge >= 0.3 is 0 Å². The second-order valence-electron chi connectivity index (χ2n) is 3.02. The first-order chi connectivity index (χ1) is 4.93. The monoisotopic (exact) mass is 159 g/mol. The molecular formula is C8H17NS. The summed E-state index contributed by atoms with van der Waals surface area (Å²) in [6.07, 6.45) is 7.34. The molecule has 0 aliphatic heterocycles. The molecule has 0 bridgehead atoms. The van der Waals surface area contributed by atoms with Gasteiger partial charge in [0.15, 0.2) is 0 Å². The topological polar surface area (TPSA) is 12.0 Å². The third-order valence-corrected chi connectivity index (χ3v) is 3.11. The van der Waals surface area contributed by atoms with Crippen molar-refractivity contribution in [2.75, 3.05) is 12.8 Å². The van der Waals surface area contributed by atoms with Gasteiger partial charge in [0.25, 0.3) is 0 Å². The summed E-state index contributed by atoms with van der Waals surface area (Å²) >= 11 is 1.86. The molecule has 60 valence electrons. The molecule has 0 aromatic rings. The highest BCUT2D eigenvalue weighted by atomic mass is 32.2. The number of rotatable bonds is 3. The molecule has 10 heavy (non-hydrogen) atoms. The molecule has 0 aromatic heterocycles. The van der Waals surface area contributed by atoms with E-state index in [9.17, 15) is 0 Å². The third-order valence-electron chi connectivity index (χ3n) is 2.19. The number of nitrogens with one attached hydrogen (secondary N) is 1. The standard InChI is InChI=1S/C8H17NS/c1-9-10-7-8-5-3-2-4-6-8/h8-9H,2-7H2,1H3. The summed E-state index contributed by atoms with van der Waals surface area (Å²) in [5.74, 6) is 2.32. The zero-order valence-corrected chi connectivity index (χ0v) is 7.54. The Morgan fingerprint density at radius 1 is 1.30 bits per heavy atom. The van der Waals surface area contributed by atoms with Gasteiger partial charge in [-0.05, 0) is 25.8 Å². The van der Waals surface area contributed by atoms with E-state index in [2.05, 4.69) is 4.72 Å². The molecule has 0 atom stereocenters. The molecule has 1 saturated carbocycles. The van der Waals surface area contributed by atoms with Crippen molar-refractivity contribution < 1.29 is 0 Å². The van der Waals surface area contributed by atoms with Crippen LogP contribution in [0.2, 0.25) is 0 Å². The van der Waals surface area contributed by atoms with Gasteiger partial charge in [0.1, 0.15) is 0 Å². The minimum Gasteiger partial charge on any atom is -0.267 e. The van der Waals surface area contributed by atoms with Crippen molar-refractivity contribution in [1.29, 1.82) is 0 Å². The molecule has 0 amide bonds. The minimum atomic E-state index is 1.01. The van der Waals surface area contributed by atoms with Gasteiger partial charge in [-0.2, -0.15) is 0 Å². The second-order valence-corrected chi connectivity index (χ2v) is 4.05. The van der Waals surface area contributed by atoms with Crippen molar-refractivity contribution in [2.45, 2.75) is 32.1 Å². The summed E-state index contributed by atoms with van der Waals surface area (Å²) < 4.78 is 3.13. The fourth-order valence-corrected chi connectivity index (χ4v) is 2.29. The molecule has 1 fully saturated rings. The van der Waals surface area contributed by atoms with Crippen LogP contribution in [0.4, 0.5) is 0 Å². The van der Waals surface area contributed by atoms with Gasteiger partial charge in [0.2, 0.25) is 0 Å². The Hall–Kier alpha value is 0.310. The van der Waals surface area contributed by atoms with Crippen molar-refractivity contribution in [2.24, 2.45) is 5.92 Å². The summed E-state index contributed by atoms with van der Waals surface area (Å²) in [7, 11) is 2.01. The lowest BCUT2D eigenvalue weighted by Gasteiger charge is -2.20. The molecule has 1 rings (SSSR count). The van der Waals surface area contributed by atoms with E-state index >= 15 is 0 Å². The first kappa shape index (κ1) is 8.41. The quantitative estimate of drug-likeness (QED) is 0.635. The van der Waals surface area contributed by atoms with E-state index in [1.165, 1.54) is 37.9 Å². The highest BCUT2D eigenvalue weighted by molar-refractivity contribution is 7.97. The predicted octanol–water partition coefficient (Wildman–Crippen LogP) is 2.43. The van der Waals surface area contributed by atoms with Crippen LogP contribution in [-0.2, 0) is 0 Å². The largest absolute Gasteiger partial charge is 0.267 e. The zero-order chi connectivity index (χ0) is 7.23. The van der Waals surface area contributed by atoms with Crippen molar-refractivity contribution in [3.8, 4) is 0 Å². The van der Waals surface area contributed by atoms with Gasteiger partial charge in [-0.3, -0.25) is 4.72 Å². The van der Waals surface area contributed by atoms with E-state index < -0.39 is 0 Å². The SMILES string of the molecule is CNSCC1CCCCC1. The van der Waals surface area contributed by atoms with Crippen LogP contribution < -0.4 is 4.72 Å². The minimum absolute atomic E-state index is 1.01. The average Bonchev–Trinajstić information content (AvgIpc) is 2.03. The maximum atomic E-state index is 3.13. The molecule has 0 saturated heterocycles. The molecule has 1 aliphatic carbocycles. The van der Waals surface area contributed by atoms with Crippen molar-refractivity contribution >= 4 is 11.9 Å². The van der Waals surface area contributed by atoms with E-state index in [4.69, 9.17) is 0 Å². The average molecular weight is 159 g/mol. The van der Waals surface area contributed by atoms with Crippen LogP contribution in [0.1, 0.15) is 32.1 Å². The maximum absolute atomic E-state index is 3.13. The molecule has 0 unspecified atom stereocenters. The molecule has 1 aliphatic rings. The van der Waals surface area contributed by atoms with E-state index in [0.29, 0.717) is 0 Å². The van der Waals surface area contributed by atoms with Crippen molar-refractivity contribution in [3.05, 3.63) is 0 Å². The number of hydrogen-bond acceptors (Lipinski definition) is 2. The maximum Gasteiger partial charge on any atom is 0.0107 e. The Morgan fingerprint density at radius 3 is 2.60 bits per heavy atom. The fourth-order valence-electron chi connectivity index (χ4n) is 1.55. The van der Waals surface area contributed by atoms with Crippen LogP contribution in [0.3, 0.4) is 0 Å². The van der Waals surface area contributed by atoms with Gasteiger partial charge in [-0.15, -0.1) is 0 Å². The third kappa shape index (κ3) is 2.93. The first-order valence-corrected chi connectivity index (χ1v) is 5.20. The van der Waals surface area contributed by atoms with Crippen LogP contribution >= 0.6 is 11.9 Å². The molecule has 0 radical (unpaired) electrons. The van der Waals surface area contributed by atoms with E-state index in [1.807, 2.05) is 19.0 Å².